The SMILES string of the molecule is Cc1ncccc1C(=O)N1CCC2(CCNC2)CC1.Cl.Cl. The standard InChI is InChI=1S/C15H21N3O.2ClH/c1-12-13(3-2-7-17-12)14(19)18-9-5-15(6-10-18)4-8-16-11-15;;/h2-3,7,16H,4-6,8-11H2,1H3;2*1H. The van der Waals surface area contributed by atoms with Crippen LogP contribution >= 0.6 is 24.8 Å². The number of aryl methyl sites for hydroxylation is 1. The monoisotopic (exact) mass is 331 g/mol. The summed E-state index contributed by atoms with van der Waals surface area (Å²) < 4.78 is 0. The highest BCUT2D eigenvalue weighted by Crippen LogP contribution is 2.37. The number of hydrogen-bond donors (Lipinski definition) is 1. The van der Waals surface area contributed by atoms with Crippen LogP contribution in [0.5, 0.6) is 0 Å². The van der Waals surface area contributed by atoms with Crippen LogP contribution in [-0.4, -0.2) is 42.0 Å². The van der Waals surface area contributed by atoms with E-state index in [2.05, 4.69) is 10.3 Å². The molecule has 21 heavy (non-hydrogen) atoms. The first-order chi connectivity index (χ1) is 9.20. The van der Waals surface area contributed by atoms with Gasteiger partial charge in [-0.1, -0.05) is 0 Å². The molecular weight excluding hydrogens is 309 g/mol. The summed E-state index contributed by atoms with van der Waals surface area (Å²) in [5.41, 5.74) is 2.04. The van der Waals surface area contributed by atoms with Crippen molar-refractivity contribution in [2.75, 3.05) is 26.2 Å². The molecule has 6 heteroatoms. The van der Waals surface area contributed by atoms with E-state index in [1.165, 1.54) is 6.42 Å². The van der Waals surface area contributed by atoms with Gasteiger partial charge in [0.2, 0.25) is 0 Å². The van der Waals surface area contributed by atoms with Crippen molar-refractivity contribution in [3.8, 4) is 0 Å². The van der Waals surface area contributed by atoms with Gasteiger partial charge in [-0.25, -0.2) is 0 Å². The van der Waals surface area contributed by atoms with E-state index in [0.29, 0.717) is 5.41 Å². The predicted molar refractivity (Wildman–Crippen MR) is 88.5 cm³/mol. The molecule has 0 unspecified atom stereocenters. The highest BCUT2D eigenvalue weighted by atomic mass is 35.5. The van der Waals surface area contributed by atoms with Gasteiger partial charge in [0.15, 0.2) is 0 Å². The molecule has 3 rings (SSSR count). The quantitative estimate of drug-likeness (QED) is 0.859. The average molecular weight is 332 g/mol. The van der Waals surface area contributed by atoms with Crippen molar-refractivity contribution in [3.63, 3.8) is 0 Å². The second-order valence-corrected chi connectivity index (χ2v) is 5.86. The summed E-state index contributed by atoms with van der Waals surface area (Å²) >= 11 is 0. The number of likely N-dealkylation sites (tertiary alicyclic amines) is 1. The molecule has 2 aliphatic rings. The fraction of sp³-hybridized carbons (Fsp3) is 0.600. The fourth-order valence-electron chi connectivity index (χ4n) is 3.29. The number of aromatic nitrogens is 1. The summed E-state index contributed by atoms with van der Waals surface area (Å²) in [6.07, 6.45) is 5.26. The zero-order valence-corrected chi connectivity index (χ0v) is 13.9. The van der Waals surface area contributed by atoms with Gasteiger partial charge in [-0.15, -0.1) is 24.8 Å². The molecule has 1 N–H and O–H groups in total. The lowest BCUT2D eigenvalue weighted by Gasteiger charge is -2.39. The van der Waals surface area contributed by atoms with Gasteiger partial charge in [0.1, 0.15) is 0 Å². The van der Waals surface area contributed by atoms with Crippen molar-refractivity contribution in [1.29, 1.82) is 0 Å². The minimum atomic E-state index is 0. The van der Waals surface area contributed by atoms with Crippen molar-refractivity contribution in [2.24, 2.45) is 5.41 Å². The van der Waals surface area contributed by atoms with E-state index in [1.807, 2.05) is 24.0 Å². The molecule has 0 radical (unpaired) electrons. The van der Waals surface area contributed by atoms with Crippen LogP contribution in [0.3, 0.4) is 0 Å². The van der Waals surface area contributed by atoms with Crippen LogP contribution in [0.4, 0.5) is 0 Å². The average Bonchev–Trinajstić information content (AvgIpc) is 2.88. The second kappa shape index (κ2) is 7.43. The van der Waals surface area contributed by atoms with E-state index in [4.69, 9.17) is 0 Å². The molecule has 1 aromatic heterocycles. The first kappa shape index (κ1) is 18.2. The highest BCUT2D eigenvalue weighted by molar-refractivity contribution is 5.95. The van der Waals surface area contributed by atoms with Gasteiger partial charge in [-0.2, -0.15) is 0 Å². The van der Waals surface area contributed by atoms with E-state index in [9.17, 15) is 4.79 Å². The third-order valence-electron chi connectivity index (χ3n) is 4.68. The predicted octanol–water partition coefficient (Wildman–Crippen LogP) is 2.45. The molecule has 2 saturated heterocycles. The molecule has 0 atom stereocenters. The van der Waals surface area contributed by atoms with Crippen molar-refractivity contribution in [3.05, 3.63) is 29.6 Å². The number of nitrogens with zero attached hydrogens (tertiary/aromatic N) is 2. The summed E-state index contributed by atoms with van der Waals surface area (Å²) in [5, 5.41) is 3.45. The number of carbonyl (C=O) groups is 1. The summed E-state index contributed by atoms with van der Waals surface area (Å²) in [6.45, 7) is 5.93. The van der Waals surface area contributed by atoms with E-state index in [0.717, 1.165) is 50.3 Å². The van der Waals surface area contributed by atoms with Gasteiger partial charge < -0.3 is 10.2 Å². The maximum atomic E-state index is 12.5. The zero-order chi connectivity index (χ0) is 13.3. The van der Waals surface area contributed by atoms with Crippen molar-refractivity contribution >= 4 is 30.7 Å². The number of piperidine rings is 1. The number of nitrogens with one attached hydrogen (secondary N) is 1. The van der Waals surface area contributed by atoms with Gasteiger partial charge >= 0.3 is 0 Å². The van der Waals surface area contributed by atoms with E-state index < -0.39 is 0 Å². The highest BCUT2D eigenvalue weighted by Gasteiger charge is 2.38. The minimum Gasteiger partial charge on any atom is -0.339 e. The smallest absolute Gasteiger partial charge is 0.255 e. The van der Waals surface area contributed by atoms with E-state index in [1.54, 1.807) is 6.20 Å². The third kappa shape index (κ3) is 3.68. The molecule has 1 amide bonds. The fourth-order valence-corrected chi connectivity index (χ4v) is 3.29. The summed E-state index contributed by atoms with van der Waals surface area (Å²) in [6, 6.07) is 3.72. The minimum absolute atomic E-state index is 0. The number of hydrogen-bond acceptors (Lipinski definition) is 3. The molecule has 118 valence electrons. The lowest BCUT2D eigenvalue weighted by molar-refractivity contribution is 0.0606. The molecule has 2 fully saturated rings. The first-order valence-electron chi connectivity index (χ1n) is 7.12. The summed E-state index contributed by atoms with van der Waals surface area (Å²) in [7, 11) is 0. The van der Waals surface area contributed by atoms with Gasteiger partial charge in [0.05, 0.1) is 5.56 Å². The van der Waals surface area contributed by atoms with Crippen LogP contribution in [0, 0.1) is 12.3 Å². The Bertz CT molecular complexity index is 480. The van der Waals surface area contributed by atoms with Gasteiger partial charge in [0, 0.05) is 31.5 Å². The first-order valence-corrected chi connectivity index (χ1v) is 7.12. The Morgan fingerprint density at radius 3 is 2.57 bits per heavy atom. The maximum Gasteiger partial charge on any atom is 0.255 e. The zero-order valence-electron chi connectivity index (χ0n) is 12.3. The van der Waals surface area contributed by atoms with Crippen molar-refractivity contribution < 1.29 is 4.79 Å². The largest absolute Gasteiger partial charge is 0.339 e. The van der Waals surface area contributed by atoms with Crippen LogP contribution in [0.2, 0.25) is 0 Å². The molecular formula is C15H23Cl2N3O. The van der Waals surface area contributed by atoms with Crippen LogP contribution in [-0.2, 0) is 0 Å². The van der Waals surface area contributed by atoms with Crippen molar-refractivity contribution in [2.45, 2.75) is 26.2 Å². The number of rotatable bonds is 1. The Morgan fingerprint density at radius 2 is 2.00 bits per heavy atom. The van der Waals surface area contributed by atoms with E-state index in [-0.39, 0.29) is 30.7 Å². The molecule has 4 nitrogen and oxygen atoms in total. The molecule has 1 aromatic rings. The Labute approximate surface area is 138 Å². The summed E-state index contributed by atoms with van der Waals surface area (Å²) in [5.74, 6) is 0.145. The second-order valence-electron chi connectivity index (χ2n) is 5.86. The Hall–Kier alpha value is -0.840. The maximum absolute atomic E-state index is 12.5. The normalized spacial score (nSPS) is 19.8. The molecule has 0 saturated carbocycles. The number of amides is 1. The Balaban J connectivity index is 0.00000110. The lowest BCUT2D eigenvalue weighted by atomic mass is 9.78. The van der Waals surface area contributed by atoms with Crippen LogP contribution in [0.15, 0.2) is 18.3 Å². The van der Waals surface area contributed by atoms with Gasteiger partial charge in [-0.05, 0) is 50.3 Å². The molecule has 0 aromatic carbocycles. The van der Waals surface area contributed by atoms with E-state index >= 15 is 0 Å². The Morgan fingerprint density at radius 1 is 1.29 bits per heavy atom. The number of pyridine rings is 1. The molecule has 1 spiro atoms. The molecule has 2 aliphatic heterocycles. The molecule has 0 aliphatic carbocycles. The third-order valence-corrected chi connectivity index (χ3v) is 4.68. The lowest BCUT2D eigenvalue weighted by Crippen LogP contribution is -2.44. The van der Waals surface area contributed by atoms with Crippen LogP contribution in [0.25, 0.3) is 0 Å². The topological polar surface area (TPSA) is 45.2 Å². The van der Waals surface area contributed by atoms with Gasteiger partial charge in [0.25, 0.3) is 5.91 Å². The molecule has 3 heterocycles. The Kier molecular flexibility index (Phi) is 6.44. The number of halogens is 2. The van der Waals surface area contributed by atoms with Gasteiger partial charge in [-0.3, -0.25) is 9.78 Å². The van der Waals surface area contributed by atoms with Crippen molar-refractivity contribution in [1.82, 2.24) is 15.2 Å². The van der Waals surface area contributed by atoms with Crippen LogP contribution < -0.4 is 5.32 Å². The van der Waals surface area contributed by atoms with Crippen LogP contribution in [0.1, 0.15) is 35.3 Å². The molecule has 0 bridgehead atoms. The summed E-state index contributed by atoms with van der Waals surface area (Å²) in [4.78, 5) is 18.7. The number of carbonyl (C=O) groups excluding carboxylic acids is 1.